The Bertz CT molecular complexity index is 416. The standard InChI is InChI=1S/C18H30N2O/c1-15-8-7-11-17(12-15)20(3)13-18(14-21,19-2)16-9-5-4-6-10-16/h4-6,9-10,15,17,19,21H,7-8,11-14H2,1-3H3. The van der Waals surface area contributed by atoms with Gasteiger partial charge in [0.1, 0.15) is 0 Å². The Balaban J connectivity index is 2.12. The maximum Gasteiger partial charge on any atom is 0.0795 e. The molecule has 2 rings (SSSR count). The molecule has 3 nitrogen and oxygen atoms in total. The molecule has 1 saturated carbocycles. The third-order valence-corrected chi connectivity index (χ3v) is 5.13. The number of hydrogen-bond acceptors (Lipinski definition) is 3. The average molecular weight is 290 g/mol. The molecule has 0 aromatic heterocycles. The Hall–Kier alpha value is -0.900. The van der Waals surface area contributed by atoms with Crippen molar-refractivity contribution in [2.24, 2.45) is 5.92 Å². The first-order valence-electron chi connectivity index (χ1n) is 8.17. The van der Waals surface area contributed by atoms with Crippen molar-refractivity contribution in [1.29, 1.82) is 0 Å². The molecule has 0 radical (unpaired) electrons. The predicted molar refractivity (Wildman–Crippen MR) is 88.3 cm³/mol. The molecule has 118 valence electrons. The van der Waals surface area contributed by atoms with Crippen LogP contribution in [0.25, 0.3) is 0 Å². The Morgan fingerprint density at radius 2 is 2.00 bits per heavy atom. The second-order valence-electron chi connectivity index (χ2n) is 6.70. The van der Waals surface area contributed by atoms with Crippen molar-refractivity contribution in [2.45, 2.75) is 44.2 Å². The molecule has 3 heteroatoms. The van der Waals surface area contributed by atoms with E-state index in [1.54, 1.807) is 0 Å². The molecule has 0 spiro atoms. The lowest BCUT2D eigenvalue weighted by Gasteiger charge is -2.41. The van der Waals surface area contributed by atoms with Gasteiger partial charge in [-0.3, -0.25) is 0 Å². The zero-order valence-corrected chi connectivity index (χ0v) is 13.7. The molecule has 3 atom stereocenters. The molecular weight excluding hydrogens is 260 g/mol. The molecule has 0 saturated heterocycles. The topological polar surface area (TPSA) is 35.5 Å². The summed E-state index contributed by atoms with van der Waals surface area (Å²) in [6.45, 7) is 3.30. The molecule has 1 aliphatic carbocycles. The Morgan fingerprint density at radius 3 is 2.57 bits per heavy atom. The van der Waals surface area contributed by atoms with Gasteiger partial charge in [0.05, 0.1) is 12.1 Å². The number of likely N-dealkylation sites (N-methyl/N-ethyl adjacent to an activating group) is 2. The van der Waals surface area contributed by atoms with Crippen LogP contribution in [0.1, 0.15) is 38.2 Å². The lowest BCUT2D eigenvalue weighted by Crippen LogP contribution is -2.53. The quantitative estimate of drug-likeness (QED) is 0.845. The fourth-order valence-electron chi connectivity index (χ4n) is 3.65. The van der Waals surface area contributed by atoms with Crippen LogP contribution in [0.5, 0.6) is 0 Å². The van der Waals surface area contributed by atoms with Crippen LogP contribution in [-0.4, -0.2) is 43.3 Å². The van der Waals surface area contributed by atoms with Crippen molar-refractivity contribution in [2.75, 3.05) is 27.2 Å². The summed E-state index contributed by atoms with van der Waals surface area (Å²) in [7, 11) is 4.15. The summed E-state index contributed by atoms with van der Waals surface area (Å²) in [5.74, 6) is 0.820. The van der Waals surface area contributed by atoms with E-state index in [1.165, 1.54) is 25.7 Å². The minimum Gasteiger partial charge on any atom is -0.394 e. The van der Waals surface area contributed by atoms with Crippen LogP contribution >= 0.6 is 0 Å². The lowest BCUT2D eigenvalue weighted by molar-refractivity contribution is 0.0838. The first-order valence-corrected chi connectivity index (χ1v) is 8.17. The third kappa shape index (κ3) is 3.85. The minimum absolute atomic E-state index is 0.111. The van der Waals surface area contributed by atoms with Crippen LogP contribution in [0.15, 0.2) is 30.3 Å². The molecule has 0 heterocycles. The summed E-state index contributed by atoms with van der Waals surface area (Å²) in [4.78, 5) is 2.44. The molecule has 3 unspecified atom stereocenters. The maximum atomic E-state index is 10.0. The first kappa shape index (κ1) is 16.5. The fraction of sp³-hybridized carbons (Fsp3) is 0.667. The number of benzene rings is 1. The van der Waals surface area contributed by atoms with Gasteiger partial charge in [0.15, 0.2) is 0 Å². The summed E-state index contributed by atoms with van der Waals surface area (Å²) in [5, 5.41) is 13.4. The average Bonchev–Trinajstić information content (AvgIpc) is 2.53. The molecule has 1 aromatic carbocycles. The van der Waals surface area contributed by atoms with Crippen molar-refractivity contribution in [3.8, 4) is 0 Å². The highest BCUT2D eigenvalue weighted by atomic mass is 16.3. The number of nitrogens with zero attached hydrogens (tertiary/aromatic N) is 1. The summed E-state index contributed by atoms with van der Waals surface area (Å²) < 4.78 is 0. The fourth-order valence-corrected chi connectivity index (χ4v) is 3.65. The van der Waals surface area contributed by atoms with E-state index in [0.717, 1.165) is 18.0 Å². The summed E-state index contributed by atoms with van der Waals surface area (Å²) in [6, 6.07) is 10.9. The molecular formula is C18H30N2O. The molecule has 0 bridgehead atoms. The van der Waals surface area contributed by atoms with Gasteiger partial charge in [0.2, 0.25) is 0 Å². The number of hydrogen-bond donors (Lipinski definition) is 2. The maximum absolute atomic E-state index is 10.0. The van der Waals surface area contributed by atoms with Crippen molar-refractivity contribution in [1.82, 2.24) is 10.2 Å². The minimum atomic E-state index is -0.378. The van der Waals surface area contributed by atoms with E-state index in [2.05, 4.69) is 36.3 Å². The zero-order chi connectivity index (χ0) is 15.3. The van der Waals surface area contributed by atoms with Crippen LogP contribution in [0.2, 0.25) is 0 Å². The van der Waals surface area contributed by atoms with E-state index in [0.29, 0.717) is 6.04 Å². The first-order chi connectivity index (χ1) is 10.1. The number of aliphatic hydroxyl groups excluding tert-OH is 1. The van der Waals surface area contributed by atoms with E-state index in [9.17, 15) is 5.11 Å². The normalized spacial score (nSPS) is 25.8. The lowest BCUT2D eigenvalue weighted by atomic mass is 9.84. The monoisotopic (exact) mass is 290 g/mol. The highest BCUT2D eigenvalue weighted by molar-refractivity contribution is 5.25. The second kappa shape index (κ2) is 7.39. The summed E-state index contributed by atoms with van der Waals surface area (Å²) in [5.41, 5.74) is 0.780. The van der Waals surface area contributed by atoms with Crippen molar-refractivity contribution in [3.63, 3.8) is 0 Å². The van der Waals surface area contributed by atoms with Gasteiger partial charge in [-0.15, -0.1) is 0 Å². The van der Waals surface area contributed by atoms with Crippen LogP contribution in [-0.2, 0) is 5.54 Å². The van der Waals surface area contributed by atoms with Gasteiger partial charge < -0.3 is 15.3 Å². The molecule has 1 fully saturated rings. The predicted octanol–water partition coefficient (Wildman–Crippen LogP) is 2.60. The van der Waals surface area contributed by atoms with Crippen LogP contribution in [0.4, 0.5) is 0 Å². The van der Waals surface area contributed by atoms with Crippen LogP contribution in [0.3, 0.4) is 0 Å². The molecule has 0 aliphatic heterocycles. The molecule has 2 N–H and O–H groups in total. The molecule has 21 heavy (non-hydrogen) atoms. The van der Waals surface area contributed by atoms with E-state index in [-0.39, 0.29) is 12.1 Å². The number of nitrogens with one attached hydrogen (secondary N) is 1. The van der Waals surface area contributed by atoms with Gasteiger partial charge >= 0.3 is 0 Å². The highest BCUT2D eigenvalue weighted by Gasteiger charge is 2.33. The Morgan fingerprint density at radius 1 is 1.29 bits per heavy atom. The summed E-state index contributed by atoms with van der Waals surface area (Å²) in [6.07, 6.45) is 5.24. The second-order valence-corrected chi connectivity index (χ2v) is 6.70. The van der Waals surface area contributed by atoms with Crippen LogP contribution < -0.4 is 5.32 Å². The van der Waals surface area contributed by atoms with Gasteiger partial charge in [-0.1, -0.05) is 50.1 Å². The third-order valence-electron chi connectivity index (χ3n) is 5.13. The van der Waals surface area contributed by atoms with Crippen LogP contribution in [0, 0.1) is 5.92 Å². The van der Waals surface area contributed by atoms with Gasteiger partial charge in [-0.05, 0) is 38.4 Å². The number of aliphatic hydroxyl groups is 1. The number of rotatable bonds is 6. The Kier molecular flexibility index (Phi) is 5.80. The van der Waals surface area contributed by atoms with Crippen molar-refractivity contribution < 1.29 is 5.11 Å². The SMILES string of the molecule is CNC(CO)(CN(C)C1CCCC(C)C1)c1ccccc1. The highest BCUT2D eigenvalue weighted by Crippen LogP contribution is 2.29. The van der Waals surface area contributed by atoms with Crippen molar-refractivity contribution >= 4 is 0 Å². The van der Waals surface area contributed by atoms with Gasteiger partial charge in [-0.25, -0.2) is 0 Å². The van der Waals surface area contributed by atoms with Gasteiger partial charge in [0.25, 0.3) is 0 Å². The van der Waals surface area contributed by atoms with Gasteiger partial charge in [-0.2, -0.15) is 0 Å². The van der Waals surface area contributed by atoms with E-state index >= 15 is 0 Å². The smallest absolute Gasteiger partial charge is 0.0795 e. The van der Waals surface area contributed by atoms with Gasteiger partial charge in [0, 0.05) is 12.6 Å². The largest absolute Gasteiger partial charge is 0.394 e. The zero-order valence-electron chi connectivity index (χ0n) is 13.7. The molecule has 1 aromatic rings. The van der Waals surface area contributed by atoms with E-state index < -0.39 is 0 Å². The Labute approximate surface area is 129 Å². The summed E-state index contributed by atoms with van der Waals surface area (Å²) >= 11 is 0. The van der Waals surface area contributed by atoms with E-state index in [1.807, 2.05) is 25.2 Å². The van der Waals surface area contributed by atoms with E-state index in [4.69, 9.17) is 0 Å². The van der Waals surface area contributed by atoms with Crippen molar-refractivity contribution in [3.05, 3.63) is 35.9 Å². The molecule has 0 amide bonds. The molecule has 1 aliphatic rings.